The molecule has 24 heavy (non-hydrogen) atoms. The van der Waals surface area contributed by atoms with Crippen LogP contribution in [0, 0.1) is 13.8 Å². The van der Waals surface area contributed by atoms with E-state index in [4.69, 9.17) is 0 Å². The third-order valence-corrected chi connectivity index (χ3v) is 4.02. The van der Waals surface area contributed by atoms with Crippen molar-refractivity contribution in [3.63, 3.8) is 0 Å². The van der Waals surface area contributed by atoms with Gasteiger partial charge in [0.05, 0.1) is 11.3 Å². The van der Waals surface area contributed by atoms with Crippen LogP contribution in [0.5, 0.6) is 0 Å². The maximum Gasteiger partial charge on any atom is 0.335 e. The fraction of sp³-hybridized carbons (Fsp3) is 0.190. The zero-order valence-electron chi connectivity index (χ0n) is 14.6. The Kier molecular flexibility index (Phi) is 5.24. The molecule has 0 bridgehead atoms. The van der Waals surface area contributed by atoms with E-state index in [0.29, 0.717) is 5.56 Å². The van der Waals surface area contributed by atoms with Crippen LogP contribution >= 0.6 is 0 Å². The van der Waals surface area contributed by atoms with E-state index in [1.165, 1.54) is 0 Å². The van der Waals surface area contributed by atoms with Gasteiger partial charge in [-0.15, -0.1) is 0 Å². The van der Waals surface area contributed by atoms with Gasteiger partial charge in [0.15, 0.2) is 0 Å². The van der Waals surface area contributed by atoms with Crippen LogP contribution in [-0.4, -0.2) is 16.1 Å². The van der Waals surface area contributed by atoms with Crippen LogP contribution in [0.1, 0.15) is 30.5 Å². The quantitative estimate of drug-likeness (QED) is 0.619. The molecule has 0 atom stereocenters. The fourth-order valence-electron chi connectivity index (χ4n) is 2.84. The molecule has 0 fully saturated rings. The van der Waals surface area contributed by atoms with Crippen LogP contribution in [0.3, 0.4) is 0 Å². The minimum Gasteiger partial charge on any atom is -0.478 e. The molecule has 1 aromatic heterocycles. The van der Waals surface area contributed by atoms with Gasteiger partial charge in [-0.2, -0.15) is 0 Å². The Morgan fingerprint density at radius 2 is 1.62 bits per heavy atom. The molecule has 3 heteroatoms. The Balaban J connectivity index is 0.00000100. The zero-order valence-corrected chi connectivity index (χ0v) is 14.6. The zero-order chi connectivity index (χ0) is 17.9. The molecule has 0 unspecified atom stereocenters. The smallest absolute Gasteiger partial charge is 0.335 e. The average molecular weight is 321 g/mol. The van der Waals surface area contributed by atoms with Gasteiger partial charge in [-0.3, -0.25) is 0 Å². The van der Waals surface area contributed by atoms with Gasteiger partial charge < -0.3 is 10.1 Å². The molecule has 124 valence electrons. The van der Waals surface area contributed by atoms with E-state index >= 15 is 0 Å². The van der Waals surface area contributed by atoms with E-state index < -0.39 is 5.97 Å². The molecule has 3 nitrogen and oxygen atoms in total. The second-order valence-electron chi connectivity index (χ2n) is 5.47. The van der Waals surface area contributed by atoms with Crippen molar-refractivity contribution in [1.29, 1.82) is 0 Å². The van der Waals surface area contributed by atoms with Crippen molar-refractivity contribution in [2.75, 3.05) is 0 Å². The summed E-state index contributed by atoms with van der Waals surface area (Å²) in [6.07, 6.45) is 0. The molecule has 2 aromatic carbocycles. The van der Waals surface area contributed by atoms with Crippen LogP contribution in [0.4, 0.5) is 0 Å². The number of aromatic amines is 1. The van der Waals surface area contributed by atoms with E-state index in [2.05, 4.69) is 11.6 Å². The Labute approximate surface area is 142 Å². The van der Waals surface area contributed by atoms with Crippen molar-refractivity contribution >= 4 is 22.4 Å². The largest absolute Gasteiger partial charge is 0.478 e. The van der Waals surface area contributed by atoms with E-state index in [1.807, 2.05) is 70.2 Å². The van der Waals surface area contributed by atoms with Gasteiger partial charge in [0.1, 0.15) is 0 Å². The van der Waals surface area contributed by atoms with Crippen LogP contribution in [0.2, 0.25) is 0 Å². The third kappa shape index (κ3) is 2.98. The van der Waals surface area contributed by atoms with Crippen LogP contribution in [0.15, 0.2) is 49.0 Å². The Morgan fingerprint density at radius 1 is 1.00 bits per heavy atom. The number of carbonyl (C=O) groups is 1. The summed E-state index contributed by atoms with van der Waals surface area (Å²) in [6.45, 7) is 11.8. The number of aryl methyl sites for hydroxylation is 2. The number of aliphatic carboxylic acids is 1. The van der Waals surface area contributed by atoms with Crippen molar-refractivity contribution in [2.45, 2.75) is 27.7 Å². The Bertz CT molecular complexity index is 903. The highest BCUT2D eigenvalue weighted by atomic mass is 16.4. The molecule has 2 N–H and O–H groups in total. The molecular weight excluding hydrogens is 298 g/mol. The minimum atomic E-state index is -1.00. The summed E-state index contributed by atoms with van der Waals surface area (Å²) in [6, 6.07) is 13.8. The molecule has 0 spiro atoms. The first-order valence-electron chi connectivity index (χ1n) is 8.10. The van der Waals surface area contributed by atoms with Gasteiger partial charge >= 0.3 is 5.97 Å². The van der Waals surface area contributed by atoms with E-state index in [-0.39, 0.29) is 5.57 Å². The monoisotopic (exact) mass is 321 g/mol. The maximum absolute atomic E-state index is 11.5. The van der Waals surface area contributed by atoms with Gasteiger partial charge in [-0.1, -0.05) is 62.9 Å². The van der Waals surface area contributed by atoms with Gasteiger partial charge in [0.2, 0.25) is 0 Å². The Hall–Kier alpha value is -2.81. The van der Waals surface area contributed by atoms with Gasteiger partial charge in [-0.05, 0) is 25.0 Å². The first-order valence-corrected chi connectivity index (χ1v) is 8.10. The highest BCUT2D eigenvalue weighted by Crippen LogP contribution is 2.37. The molecule has 0 aliphatic heterocycles. The predicted octanol–water partition coefficient (Wildman–Crippen LogP) is 5.58. The summed E-state index contributed by atoms with van der Waals surface area (Å²) in [7, 11) is 0. The summed E-state index contributed by atoms with van der Waals surface area (Å²) >= 11 is 0. The van der Waals surface area contributed by atoms with Crippen LogP contribution in [0.25, 0.3) is 27.7 Å². The van der Waals surface area contributed by atoms with E-state index in [9.17, 15) is 9.90 Å². The number of aromatic nitrogens is 1. The third-order valence-electron chi connectivity index (χ3n) is 4.02. The van der Waals surface area contributed by atoms with Gasteiger partial charge in [0, 0.05) is 22.0 Å². The number of H-pyrrole nitrogens is 1. The van der Waals surface area contributed by atoms with Crippen molar-refractivity contribution < 1.29 is 9.90 Å². The van der Waals surface area contributed by atoms with E-state index in [0.717, 1.165) is 33.3 Å². The number of hydrogen-bond donors (Lipinski definition) is 2. The lowest BCUT2D eigenvalue weighted by Crippen LogP contribution is -1.99. The number of fused-ring (bicyclic) bond motifs is 1. The highest BCUT2D eigenvalue weighted by Gasteiger charge is 2.20. The van der Waals surface area contributed by atoms with Gasteiger partial charge in [-0.25, -0.2) is 4.79 Å². The van der Waals surface area contributed by atoms with Crippen molar-refractivity contribution in [3.8, 4) is 11.3 Å². The average Bonchev–Trinajstić information content (AvgIpc) is 2.97. The first kappa shape index (κ1) is 17.5. The lowest BCUT2D eigenvalue weighted by molar-refractivity contribution is -0.130. The van der Waals surface area contributed by atoms with E-state index in [1.54, 1.807) is 0 Å². The Morgan fingerprint density at radius 3 is 2.25 bits per heavy atom. The molecule has 3 aromatic rings. The number of benzene rings is 2. The molecular formula is C21H23NO2. The molecule has 0 radical (unpaired) electrons. The summed E-state index contributed by atoms with van der Waals surface area (Å²) in [5.74, 6) is -1.00. The number of hydrogen-bond acceptors (Lipinski definition) is 1. The normalized spacial score (nSPS) is 10.2. The molecule has 3 rings (SSSR count). The molecule has 1 heterocycles. The molecule has 0 amide bonds. The number of carboxylic acids is 1. The SMILES string of the molecule is C=C(C(=O)O)c1c(-c2ccccc2C)[nH]c2c(C)cccc12.CC. The first-order chi connectivity index (χ1) is 11.5. The van der Waals surface area contributed by atoms with Crippen LogP contribution < -0.4 is 0 Å². The fourth-order valence-corrected chi connectivity index (χ4v) is 2.84. The van der Waals surface area contributed by atoms with Crippen molar-refractivity contribution in [2.24, 2.45) is 0 Å². The second kappa shape index (κ2) is 7.18. The number of nitrogens with one attached hydrogen (secondary N) is 1. The summed E-state index contributed by atoms with van der Waals surface area (Å²) in [5, 5.41) is 10.3. The van der Waals surface area contributed by atoms with Crippen molar-refractivity contribution in [3.05, 3.63) is 65.7 Å². The maximum atomic E-state index is 11.5. The standard InChI is InChI=1S/C19H17NO2.C2H6/c1-11-7-4-5-9-14(11)18-16(13(3)19(21)22)15-10-6-8-12(2)17(15)20-18;1-2/h4-10,20H,3H2,1-2H3,(H,21,22);1-2H3. The lowest BCUT2D eigenvalue weighted by Gasteiger charge is -2.07. The van der Waals surface area contributed by atoms with Crippen LogP contribution in [-0.2, 0) is 4.79 Å². The number of para-hydroxylation sites is 1. The number of carboxylic acid groups (broad SMARTS) is 1. The van der Waals surface area contributed by atoms with Gasteiger partial charge in [0.25, 0.3) is 0 Å². The minimum absolute atomic E-state index is 0.107. The molecule has 0 saturated carbocycles. The molecule has 0 saturated heterocycles. The molecule has 0 aliphatic rings. The summed E-state index contributed by atoms with van der Waals surface area (Å²) < 4.78 is 0. The predicted molar refractivity (Wildman–Crippen MR) is 101 cm³/mol. The topological polar surface area (TPSA) is 53.1 Å². The van der Waals surface area contributed by atoms with Crippen molar-refractivity contribution in [1.82, 2.24) is 4.98 Å². The number of rotatable bonds is 3. The summed E-state index contributed by atoms with van der Waals surface area (Å²) in [5.41, 5.74) is 5.71. The lowest BCUT2D eigenvalue weighted by atomic mass is 9.96. The molecule has 0 aliphatic carbocycles. The highest BCUT2D eigenvalue weighted by molar-refractivity contribution is 6.21. The summed E-state index contributed by atoms with van der Waals surface area (Å²) in [4.78, 5) is 14.9. The second-order valence-corrected chi connectivity index (χ2v) is 5.47.